The Balaban J connectivity index is 2.72. The molecule has 3 heteroatoms. The molecule has 2 atom stereocenters. The molecule has 0 aromatic carbocycles. The second kappa shape index (κ2) is 5.08. The highest BCUT2D eigenvalue weighted by Crippen LogP contribution is 2.24. The molecule has 84 valence electrons. The fourth-order valence-electron chi connectivity index (χ4n) is 1.49. The predicted octanol–water partition coefficient (Wildman–Crippen LogP) is 3.18. The van der Waals surface area contributed by atoms with Crippen LogP contribution < -0.4 is 0 Å². The minimum Gasteiger partial charge on any atom is -0.389 e. The smallest absolute Gasteiger partial charge is 0.0700 e. The number of pyridine rings is 1. The highest BCUT2D eigenvalue weighted by atomic mass is 79.9. The van der Waals surface area contributed by atoms with Gasteiger partial charge >= 0.3 is 0 Å². The van der Waals surface area contributed by atoms with Gasteiger partial charge in [0.1, 0.15) is 0 Å². The topological polar surface area (TPSA) is 33.1 Å². The Morgan fingerprint density at radius 2 is 2.20 bits per heavy atom. The van der Waals surface area contributed by atoms with Crippen molar-refractivity contribution in [1.29, 1.82) is 0 Å². The summed E-state index contributed by atoms with van der Waals surface area (Å²) < 4.78 is 0.967. The molecule has 2 nitrogen and oxygen atoms in total. The van der Waals surface area contributed by atoms with Crippen LogP contribution in [-0.2, 0) is 6.42 Å². The molecule has 0 aliphatic rings. The summed E-state index contributed by atoms with van der Waals surface area (Å²) in [6.07, 6.45) is 3.35. The van der Waals surface area contributed by atoms with E-state index in [1.165, 1.54) is 0 Å². The largest absolute Gasteiger partial charge is 0.389 e. The third-order valence-electron chi connectivity index (χ3n) is 3.00. The highest BCUT2D eigenvalue weighted by molar-refractivity contribution is 9.10. The SMILES string of the molecule is CCC(C)C(C)(O)Cc1ccc(Br)cn1. The van der Waals surface area contributed by atoms with Crippen molar-refractivity contribution in [3.8, 4) is 0 Å². The van der Waals surface area contributed by atoms with E-state index in [0.717, 1.165) is 16.6 Å². The second-order valence-electron chi connectivity index (χ2n) is 4.31. The van der Waals surface area contributed by atoms with Gasteiger partial charge < -0.3 is 5.11 Å². The van der Waals surface area contributed by atoms with Crippen molar-refractivity contribution in [1.82, 2.24) is 4.98 Å². The van der Waals surface area contributed by atoms with E-state index in [4.69, 9.17) is 0 Å². The van der Waals surface area contributed by atoms with E-state index in [9.17, 15) is 5.11 Å². The van der Waals surface area contributed by atoms with E-state index in [-0.39, 0.29) is 5.92 Å². The number of aliphatic hydroxyl groups is 1. The Hall–Kier alpha value is -0.410. The molecule has 1 N–H and O–H groups in total. The number of hydrogen-bond donors (Lipinski definition) is 1. The molecule has 0 aliphatic heterocycles. The first kappa shape index (κ1) is 12.7. The third-order valence-corrected chi connectivity index (χ3v) is 3.47. The molecular weight excluding hydrogens is 254 g/mol. The number of nitrogens with zero attached hydrogens (tertiary/aromatic N) is 1. The maximum Gasteiger partial charge on any atom is 0.0700 e. The first-order valence-corrected chi connectivity index (χ1v) is 6.08. The van der Waals surface area contributed by atoms with Gasteiger partial charge in [0, 0.05) is 22.8 Å². The molecule has 0 aliphatic carbocycles. The van der Waals surface area contributed by atoms with E-state index in [0.29, 0.717) is 6.42 Å². The summed E-state index contributed by atoms with van der Waals surface area (Å²) in [5, 5.41) is 10.3. The molecule has 0 radical (unpaired) electrons. The van der Waals surface area contributed by atoms with Gasteiger partial charge in [0.2, 0.25) is 0 Å². The molecule has 0 spiro atoms. The van der Waals surface area contributed by atoms with Crippen molar-refractivity contribution >= 4 is 15.9 Å². The lowest BCUT2D eigenvalue weighted by atomic mass is 9.85. The van der Waals surface area contributed by atoms with Crippen LogP contribution in [0.4, 0.5) is 0 Å². The van der Waals surface area contributed by atoms with Gasteiger partial charge in [-0.25, -0.2) is 0 Å². The Morgan fingerprint density at radius 1 is 1.53 bits per heavy atom. The zero-order valence-corrected chi connectivity index (χ0v) is 11.1. The van der Waals surface area contributed by atoms with Crippen LogP contribution in [0.15, 0.2) is 22.8 Å². The van der Waals surface area contributed by atoms with Gasteiger partial charge in [0.05, 0.1) is 5.60 Å². The molecule has 0 saturated carbocycles. The van der Waals surface area contributed by atoms with Crippen molar-refractivity contribution in [2.45, 2.75) is 39.2 Å². The molecule has 1 rings (SSSR count). The molecule has 0 amide bonds. The van der Waals surface area contributed by atoms with Crippen LogP contribution >= 0.6 is 15.9 Å². The average Bonchev–Trinajstić information content (AvgIpc) is 2.20. The zero-order chi connectivity index (χ0) is 11.5. The normalized spacial score (nSPS) is 17.1. The monoisotopic (exact) mass is 271 g/mol. The van der Waals surface area contributed by atoms with E-state index in [1.807, 2.05) is 19.1 Å². The molecular formula is C12H18BrNO. The summed E-state index contributed by atoms with van der Waals surface area (Å²) in [7, 11) is 0. The summed E-state index contributed by atoms with van der Waals surface area (Å²) >= 11 is 3.34. The minimum atomic E-state index is -0.671. The summed E-state index contributed by atoms with van der Waals surface area (Å²) in [6, 6.07) is 3.90. The van der Waals surface area contributed by atoms with Crippen molar-refractivity contribution in [2.24, 2.45) is 5.92 Å². The van der Waals surface area contributed by atoms with Crippen LogP contribution in [0.2, 0.25) is 0 Å². The number of halogens is 1. The zero-order valence-electron chi connectivity index (χ0n) is 9.50. The third kappa shape index (κ3) is 3.58. The van der Waals surface area contributed by atoms with Gasteiger partial charge in [-0.05, 0) is 40.9 Å². The fourth-order valence-corrected chi connectivity index (χ4v) is 1.73. The molecule has 2 unspecified atom stereocenters. The van der Waals surface area contributed by atoms with Crippen molar-refractivity contribution in [3.63, 3.8) is 0 Å². The number of hydrogen-bond acceptors (Lipinski definition) is 2. The molecule has 0 bridgehead atoms. The summed E-state index contributed by atoms with van der Waals surface area (Å²) in [4.78, 5) is 4.27. The molecule has 1 heterocycles. The fraction of sp³-hybridized carbons (Fsp3) is 0.583. The van der Waals surface area contributed by atoms with Crippen LogP contribution in [0.1, 0.15) is 32.9 Å². The first-order chi connectivity index (χ1) is 6.95. The van der Waals surface area contributed by atoms with E-state index in [2.05, 4.69) is 34.8 Å². The van der Waals surface area contributed by atoms with E-state index >= 15 is 0 Å². The van der Waals surface area contributed by atoms with Crippen molar-refractivity contribution in [3.05, 3.63) is 28.5 Å². The lowest BCUT2D eigenvalue weighted by Gasteiger charge is -2.29. The van der Waals surface area contributed by atoms with Crippen LogP contribution in [0, 0.1) is 5.92 Å². The average molecular weight is 272 g/mol. The maximum absolute atomic E-state index is 10.3. The number of aromatic nitrogens is 1. The minimum absolute atomic E-state index is 0.281. The van der Waals surface area contributed by atoms with Crippen LogP contribution in [-0.4, -0.2) is 15.7 Å². The van der Waals surface area contributed by atoms with Crippen LogP contribution in [0.3, 0.4) is 0 Å². The molecule has 15 heavy (non-hydrogen) atoms. The molecule has 1 aromatic rings. The molecule has 0 saturated heterocycles. The quantitative estimate of drug-likeness (QED) is 0.913. The number of rotatable bonds is 4. The van der Waals surface area contributed by atoms with Crippen molar-refractivity contribution < 1.29 is 5.11 Å². The van der Waals surface area contributed by atoms with Gasteiger partial charge in [-0.15, -0.1) is 0 Å². The van der Waals surface area contributed by atoms with Gasteiger partial charge in [0.15, 0.2) is 0 Å². The van der Waals surface area contributed by atoms with Crippen molar-refractivity contribution in [2.75, 3.05) is 0 Å². The van der Waals surface area contributed by atoms with E-state index in [1.54, 1.807) is 6.20 Å². The standard InChI is InChI=1S/C12H18BrNO/c1-4-9(2)12(3,15)7-11-6-5-10(13)8-14-11/h5-6,8-9,15H,4,7H2,1-3H3. The van der Waals surface area contributed by atoms with Gasteiger partial charge in [-0.1, -0.05) is 20.3 Å². The second-order valence-corrected chi connectivity index (χ2v) is 5.23. The van der Waals surface area contributed by atoms with Gasteiger partial charge in [-0.3, -0.25) is 4.98 Å². The molecule has 1 aromatic heterocycles. The Labute approximate surface area is 99.9 Å². The summed E-state index contributed by atoms with van der Waals surface area (Å²) in [6.45, 7) is 6.04. The van der Waals surface area contributed by atoms with Gasteiger partial charge in [0.25, 0.3) is 0 Å². The maximum atomic E-state index is 10.3. The van der Waals surface area contributed by atoms with Crippen LogP contribution in [0.25, 0.3) is 0 Å². The lowest BCUT2D eigenvalue weighted by molar-refractivity contribution is 0.00433. The Kier molecular flexibility index (Phi) is 4.29. The van der Waals surface area contributed by atoms with E-state index < -0.39 is 5.60 Å². The summed E-state index contributed by atoms with van der Waals surface area (Å²) in [5.74, 6) is 0.281. The van der Waals surface area contributed by atoms with Gasteiger partial charge in [-0.2, -0.15) is 0 Å². The highest BCUT2D eigenvalue weighted by Gasteiger charge is 2.27. The summed E-state index contributed by atoms with van der Waals surface area (Å²) in [5.41, 5.74) is 0.263. The molecule has 0 fully saturated rings. The Morgan fingerprint density at radius 3 is 2.67 bits per heavy atom. The lowest BCUT2D eigenvalue weighted by Crippen LogP contribution is -2.35. The first-order valence-electron chi connectivity index (χ1n) is 5.28. The predicted molar refractivity (Wildman–Crippen MR) is 65.7 cm³/mol. The van der Waals surface area contributed by atoms with Crippen LogP contribution in [0.5, 0.6) is 0 Å². The Bertz CT molecular complexity index is 308.